The van der Waals surface area contributed by atoms with Gasteiger partial charge in [0.05, 0.1) is 23.8 Å². The minimum absolute atomic E-state index is 0.0155. The van der Waals surface area contributed by atoms with Crippen LogP contribution < -0.4 is 10.5 Å². The van der Waals surface area contributed by atoms with Crippen molar-refractivity contribution >= 4 is 11.9 Å². The van der Waals surface area contributed by atoms with Crippen molar-refractivity contribution in [2.75, 3.05) is 31.1 Å². The van der Waals surface area contributed by atoms with Crippen LogP contribution in [0.5, 0.6) is 0 Å². The number of nitrogens with one attached hydrogen (secondary N) is 1. The molecule has 5 heterocycles. The molecule has 1 aromatic rings. The highest BCUT2D eigenvalue weighted by Crippen LogP contribution is 2.42. The second-order valence-electron chi connectivity index (χ2n) is 8.96. The molecule has 3 fully saturated rings. The van der Waals surface area contributed by atoms with E-state index in [1.807, 2.05) is 11.0 Å². The third kappa shape index (κ3) is 2.48. The third-order valence-electron chi connectivity index (χ3n) is 7.36. The van der Waals surface area contributed by atoms with E-state index in [0.717, 1.165) is 68.9 Å². The second kappa shape index (κ2) is 6.17. The van der Waals surface area contributed by atoms with E-state index in [0.29, 0.717) is 12.5 Å². The van der Waals surface area contributed by atoms with Crippen LogP contribution in [0.4, 0.5) is 5.95 Å². The molecule has 28 heavy (non-hydrogen) atoms. The predicted octanol–water partition coefficient (Wildman–Crippen LogP) is 1.20. The zero-order chi connectivity index (χ0) is 18.8. The van der Waals surface area contributed by atoms with E-state index in [1.54, 1.807) is 0 Å². The molecule has 0 radical (unpaired) electrons. The van der Waals surface area contributed by atoms with Crippen LogP contribution in [0.15, 0.2) is 16.9 Å². The average molecular weight is 382 g/mol. The number of carbonyl (C=O) groups is 1. The van der Waals surface area contributed by atoms with Gasteiger partial charge in [0.15, 0.2) is 0 Å². The first-order chi connectivity index (χ1) is 13.7. The van der Waals surface area contributed by atoms with Gasteiger partial charge in [0, 0.05) is 37.7 Å². The number of rotatable bonds is 2. The minimum atomic E-state index is -0.0462. The maximum atomic E-state index is 13.2. The van der Waals surface area contributed by atoms with E-state index >= 15 is 0 Å². The summed E-state index contributed by atoms with van der Waals surface area (Å²) in [5.74, 6) is 1.50. The lowest BCUT2D eigenvalue weighted by atomic mass is 9.80. The zero-order valence-electron chi connectivity index (χ0n) is 16.0. The quantitative estimate of drug-likeness (QED) is 0.778. The molecule has 0 aromatic carbocycles. The normalized spacial score (nSPS) is 35.5. The lowest BCUT2D eigenvalue weighted by molar-refractivity contribution is -0.135. The number of amides is 1. The van der Waals surface area contributed by atoms with Crippen molar-refractivity contribution in [3.63, 3.8) is 0 Å². The summed E-state index contributed by atoms with van der Waals surface area (Å²) < 4.78 is 5.81. The SMILES string of the molecule is O=C([C@H]1C[C@@H]2C=C[C@@H]1O2)N1C[C@H]2CCc3c(nc(N4CCCC4)[nH]c3=O)[C@H]2C1. The molecule has 1 N–H and O–H groups in total. The van der Waals surface area contributed by atoms with Gasteiger partial charge in [0.2, 0.25) is 11.9 Å². The van der Waals surface area contributed by atoms with E-state index in [-0.39, 0.29) is 35.5 Å². The van der Waals surface area contributed by atoms with Gasteiger partial charge in [-0.3, -0.25) is 14.6 Å². The Balaban J connectivity index is 1.27. The monoisotopic (exact) mass is 382 g/mol. The molecule has 7 heteroatoms. The molecule has 0 unspecified atom stereocenters. The van der Waals surface area contributed by atoms with Gasteiger partial charge in [-0.15, -0.1) is 0 Å². The van der Waals surface area contributed by atoms with Crippen LogP contribution >= 0.6 is 0 Å². The van der Waals surface area contributed by atoms with E-state index < -0.39 is 0 Å². The van der Waals surface area contributed by atoms with Crippen molar-refractivity contribution in [1.29, 1.82) is 0 Å². The van der Waals surface area contributed by atoms with Gasteiger partial charge in [0.1, 0.15) is 0 Å². The summed E-state index contributed by atoms with van der Waals surface area (Å²) in [5, 5.41) is 0. The maximum Gasteiger partial charge on any atom is 0.255 e. The Morgan fingerprint density at radius 2 is 2.07 bits per heavy atom. The highest BCUT2D eigenvalue weighted by Gasteiger charge is 2.47. The minimum Gasteiger partial charge on any atom is -0.366 e. The molecule has 5 atom stereocenters. The van der Waals surface area contributed by atoms with Crippen molar-refractivity contribution in [2.24, 2.45) is 11.8 Å². The molecule has 2 bridgehead atoms. The van der Waals surface area contributed by atoms with Crippen LogP contribution in [-0.2, 0) is 16.0 Å². The van der Waals surface area contributed by atoms with Gasteiger partial charge < -0.3 is 14.5 Å². The molecule has 4 aliphatic heterocycles. The zero-order valence-corrected chi connectivity index (χ0v) is 16.0. The van der Waals surface area contributed by atoms with E-state index in [9.17, 15) is 9.59 Å². The number of nitrogens with zero attached hydrogens (tertiary/aromatic N) is 3. The van der Waals surface area contributed by atoms with Crippen molar-refractivity contribution in [3.05, 3.63) is 33.8 Å². The van der Waals surface area contributed by atoms with E-state index in [4.69, 9.17) is 9.72 Å². The summed E-state index contributed by atoms with van der Waals surface area (Å²) in [6.45, 7) is 3.38. The molecule has 1 aliphatic carbocycles. The summed E-state index contributed by atoms with van der Waals surface area (Å²) in [7, 11) is 0. The third-order valence-corrected chi connectivity index (χ3v) is 7.36. The van der Waals surface area contributed by atoms with Crippen LogP contribution in [0.25, 0.3) is 0 Å². The number of H-pyrrole nitrogens is 1. The number of carbonyl (C=O) groups excluding carboxylic acids is 1. The van der Waals surface area contributed by atoms with E-state index in [1.165, 1.54) is 0 Å². The molecule has 1 aromatic heterocycles. The average Bonchev–Trinajstić information content (AvgIpc) is 3.50. The summed E-state index contributed by atoms with van der Waals surface area (Å²) >= 11 is 0. The molecule has 7 nitrogen and oxygen atoms in total. The molecule has 0 spiro atoms. The number of fused-ring (bicyclic) bond motifs is 5. The van der Waals surface area contributed by atoms with Crippen LogP contribution in [0, 0.1) is 11.8 Å². The Kier molecular flexibility index (Phi) is 3.70. The molecule has 3 saturated heterocycles. The first kappa shape index (κ1) is 16.8. The van der Waals surface area contributed by atoms with Crippen molar-refractivity contribution in [1.82, 2.24) is 14.9 Å². The van der Waals surface area contributed by atoms with Gasteiger partial charge in [0.25, 0.3) is 5.56 Å². The molecule has 5 aliphatic rings. The first-order valence-electron chi connectivity index (χ1n) is 10.7. The second-order valence-corrected chi connectivity index (χ2v) is 8.96. The largest absolute Gasteiger partial charge is 0.366 e. The standard InChI is InChI=1S/C21H26N4O3/c26-19-14-5-3-12-10-25(20(27)15-9-13-4-6-17(15)28-13)11-16(12)18(14)22-21(23-19)24-7-1-2-8-24/h4,6,12-13,15-17H,1-3,5,7-11H2,(H,22,23,26)/t12-,13+,15+,16+,17+/m1/s1. The molecular formula is C21H26N4O3. The summed E-state index contributed by atoms with van der Waals surface area (Å²) in [4.78, 5) is 38.0. The number of anilines is 1. The Morgan fingerprint density at radius 3 is 2.82 bits per heavy atom. The Hall–Kier alpha value is -2.15. The fourth-order valence-corrected chi connectivity index (χ4v) is 5.86. The molecule has 6 rings (SSSR count). The van der Waals surface area contributed by atoms with Gasteiger partial charge in [-0.1, -0.05) is 12.2 Å². The van der Waals surface area contributed by atoms with Crippen LogP contribution in [0.2, 0.25) is 0 Å². The van der Waals surface area contributed by atoms with Crippen LogP contribution in [0.1, 0.15) is 42.9 Å². The Labute approximate surface area is 163 Å². The summed E-state index contributed by atoms with van der Waals surface area (Å²) in [6, 6.07) is 0. The van der Waals surface area contributed by atoms with E-state index in [2.05, 4.69) is 16.0 Å². The van der Waals surface area contributed by atoms with Gasteiger partial charge in [-0.05, 0) is 38.0 Å². The topological polar surface area (TPSA) is 78.5 Å². The lowest BCUT2D eigenvalue weighted by Crippen LogP contribution is -2.38. The first-order valence-corrected chi connectivity index (χ1v) is 10.7. The highest BCUT2D eigenvalue weighted by atomic mass is 16.5. The maximum absolute atomic E-state index is 13.2. The predicted molar refractivity (Wildman–Crippen MR) is 103 cm³/mol. The summed E-state index contributed by atoms with van der Waals surface area (Å²) in [5.41, 5.74) is 1.80. The molecule has 1 amide bonds. The number of likely N-dealkylation sites (tertiary alicyclic amines) is 1. The molecule has 0 saturated carbocycles. The lowest BCUT2D eigenvalue weighted by Gasteiger charge is -2.27. The molecular weight excluding hydrogens is 356 g/mol. The Bertz CT molecular complexity index is 903. The van der Waals surface area contributed by atoms with Gasteiger partial charge >= 0.3 is 0 Å². The molecule has 148 valence electrons. The summed E-state index contributed by atoms with van der Waals surface area (Å²) in [6.07, 6.45) is 9.01. The smallest absolute Gasteiger partial charge is 0.255 e. The number of aromatic nitrogens is 2. The van der Waals surface area contributed by atoms with Crippen LogP contribution in [0.3, 0.4) is 0 Å². The van der Waals surface area contributed by atoms with Crippen molar-refractivity contribution in [2.45, 2.75) is 50.2 Å². The number of aromatic amines is 1. The van der Waals surface area contributed by atoms with Gasteiger partial charge in [-0.2, -0.15) is 0 Å². The number of ether oxygens (including phenoxy) is 1. The van der Waals surface area contributed by atoms with Crippen molar-refractivity contribution < 1.29 is 9.53 Å². The number of hydrogen-bond donors (Lipinski definition) is 1. The van der Waals surface area contributed by atoms with Gasteiger partial charge in [-0.25, -0.2) is 4.98 Å². The van der Waals surface area contributed by atoms with Crippen molar-refractivity contribution in [3.8, 4) is 0 Å². The number of hydrogen-bond acceptors (Lipinski definition) is 5. The highest BCUT2D eigenvalue weighted by molar-refractivity contribution is 5.81. The van der Waals surface area contributed by atoms with Crippen LogP contribution in [-0.4, -0.2) is 59.2 Å². The fraction of sp³-hybridized carbons (Fsp3) is 0.667. The Morgan fingerprint density at radius 1 is 1.21 bits per heavy atom. The fourth-order valence-electron chi connectivity index (χ4n) is 5.86.